The summed E-state index contributed by atoms with van der Waals surface area (Å²) in [6.45, 7) is 2.31. The summed E-state index contributed by atoms with van der Waals surface area (Å²) >= 11 is 0. The summed E-state index contributed by atoms with van der Waals surface area (Å²) in [6.07, 6.45) is 1.24. The van der Waals surface area contributed by atoms with Crippen molar-refractivity contribution in [2.45, 2.75) is 44.4 Å². The fourth-order valence-corrected chi connectivity index (χ4v) is 4.79. The van der Waals surface area contributed by atoms with Crippen LogP contribution >= 0.6 is 0 Å². The monoisotopic (exact) mass is 550 g/mol. The van der Waals surface area contributed by atoms with E-state index in [1.165, 1.54) is 12.7 Å². The van der Waals surface area contributed by atoms with E-state index in [9.17, 15) is 14.7 Å². The Labute approximate surface area is 226 Å². The van der Waals surface area contributed by atoms with Crippen LogP contribution in [0, 0.1) is 0 Å². The normalized spacial score (nSPS) is 23.8. The molecular formula is C25H26N8O7. The van der Waals surface area contributed by atoms with Gasteiger partial charge in [0.15, 0.2) is 29.5 Å². The van der Waals surface area contributed by atoms with Crippen molar-refractivity contribution in [1.29, 1.82) is 0 Å². The highest BCUT2D eigenvalue weighted by molar-refractivity contribution is 5.95. The molecule has 4 aromatic rings. The van der Waals surface area contributed by atoms with Crippen molar-refractivity contribution in [2.75, 3.05) is 18.5 Å². The number of fused-ring (bicyclic) bond motifs is 2. The summed E-state index contributed by atoms with van der Waals surface area (Å²) in [5.74, 6) is -0.871. The van der Waals surface area contributed by atoms with Crippen LogP contribution in [0.5, 0.6) is 0 Å². The lowest BCUT2D eigenvalue weighted by atomic mass is 10.1. The molecule has 0 spiro atoms. The molecule has 0 aliphatic carbocycles. The van der Waals surface area contributed by atoms with Gasteiger partial charge in [0.25, 0.3) is 0 Å². The number of carboxylic acid groups (broad SMARTS) is 1. The number of nitrogens with zero attached hydrogens (tertiary/aromatic N) is 5. The van der Waals surface area contributed by atoms with Gasteiger partial charge >= 0.3 is 12.0 Å². The van der Waals surface area contributed by atoms with Gasteiger partial charge in [-0.1, -0.05) is 30.3 Å². The van der Waals surface area contributed by atoms with Crippen molar-refractivity contribution in [3.63, 3.8) is 0 Å². The molecule has 4 unspecified atom stereocenters. The molecule has 15 nitrogen and oxygen atoms in total. The molecule has 2 saturated heterocycles. The zero-order valence-electron chi connectivity index (χ0n) is 21.3. The minimum Gasteiger partial charge on any atom is -0.477 e. The maximum Gasteiger partial charge on any atom is 0.354 e. The van der Waals surface area contributed by atoms with Crippen LogP contribution in [-0.4, -0.2) is 78.1 Å². The number of anilines is 1. The number of hydrogen-bond acceptors (Lipinski definition) is 10. The number of hydrogen-bond donors (Lipinski definition) is 4. The molecule has 15 heteroatoms. The molecule has 1 aromatic carbocycles. The highest BCUT2D eigenvalue weighted by Gasteiger charge is 2.54. The van der Waals surface area contributed by atoms with Gasteiger partial charge in [0.05, 0.1) is 31.6 Å². The second kappa shape index (κ2) is 11.0. The lowest BCUT2D eigenvalue weighted by molar-refractivity contribution is -0.158. The number of carbonyl (C=O) groups excluding carboxylic acids is 1. The number of H-pyrrole nitrogens is 1. The van der Waals surface area contributed by atoms with Gasteiger partial charge in [-0.3, -0.25) is 9.88 Å². The van der Waals surface area contributed by atoms with Gasteiger partial charge in [-0.15, -0.1) is 0 Å². The van der Waals surface area contributed by atoms with Crippen molar-refractivity contribution in [3.8, 4) is 0 Å². The topological polar surface area (TPSA) is 188 Å². The SMILES string of the molecule is CCNC(=O)Nc1ncnc2c1ncn2C1OC(COCc2nc[nH]c2C(=O)O)C2O[C@H](c3ccccc3)OC21. The number of rotatable bonds is 9. The first-order valence-corrected chi connectivity index (χ1v) is 12.6. The minimum atomic E-state index is -1.12. The van der Waals surface area contributed by atoms with Gasteiger partial charge < -0.3 is 34.4 Å². The molecule has 5 atom stereocenters. The molecule has 0 saturated carbocycles. The number of nitrogens with one attached hydrogen (secondary N) is 3. The van der Waals surface area contributed by atoms with Crippen LogP contribution in [0.1, 0.15) is 41.2 Å². The molecule has 0 bridgehead atoms. The molecule has 2 aliphatic rings. The summed E-state index contributed by atoms with van der Waals surface area (Å²) in [5, 5.41) is 14.7. The van der Waals surface area contributed by atoms with Crippen LogP contribution in [0.15, 0.2) is 49.3 Å². The van der Waals surface area contributed by atoms with Gasteiger partial charge in [-0.05, 0) is 6.92 Å². The molecule has 2 amide bonds. The fraction of sp³-hybridized carbons (Fsp3) is 0.360. The summed E-state index contributed by atoms with van der Waals surface area (Å²) in [5.41, 5.74) is 1.90. The summed E-state index contributed by atoms with van der Waals surface area (Å²) < 4.78 is 26.6. The van der Waals surface area contributed by atoms with E-state index >= 15 is 0 Å². The molecule has 5 heterocycles. The van der Waals surface area contributed by atoms with E-state index in [2.05, 4.69) is 35.6 Å². The maximum atomic E-state index is 12.1. The van der Waals surface area contributed by atoms with Crippen LogP contribution in [0.4, 0.5) is 10.6 Å². The van der Waals surface area contributed by atoms with E-state index in [0.717, 1.165) is 5.56 Å². The van der Waals surface area contributed by atoms with E-state index in [0.29, 0.717) is 17.7 Å². The molecule has 3 aromatic heterocycles. The number of carbonyl (C=O) groups is 2. The summed E-state index contributed by atoms with van der Waals surface area (Å²) in [4.78, 5) is 43.1. The lowest BCUT2D eigenvalue weighted by Crippen LogP contribution is -2.31. The minimum absolute atomic E-state index is 0.0331. The zero-order chi connectivity index (χ0) is 27.6. The maximum absolute atomic E-state index is 12.1. The second-order valence-corrected chi connectivity index (χ2v) is 9.08. The Morgan fingerprint density at radius 1 is 1.10 bits per heavy atom. The Hall–Kier alpha value is -4.44. The third-order valence-electron chi connectivity index (χ3n) is 6.57. The summed E-state index contributed by atoms with van der Waals surface area (Å²) in [6, 6.07) is 9.13. The van der Waals surface area contributed by atoms with Crippen molar-refractivity contribution in [1.82, 2.24) is 34.8 Å². The van der Waals surface area contributed by atoms with E-state index in [1.54, 1.807) is 10.9 Å². The van der Waals surface area contributed by atoms with Crippen LogP contribution in [0.25, 0.3) is 11.2 Å². The first-order chi connectivity index (χ1) is 19.5. The smallest absolute Gasteiger partial charge is 0.354 e. The van der Waals surface area contributed by atoms with Crippen LogP contribution in [-0.2, 0) is 25.6 Å². The molecule has 40 heavy (non-hydrogen) atoms. The molecule has 2 fully saturated rings. The molecule has 208 valence electrons. The number of aromatic nitrogens is 6. The Balaban J connectivity index is 1.25. The average Bonchev–Trinajstić information content (AvgIpc) is 3.74. The van der Waals surface area contributed by atoms with E-state index < -0.39 is 42.8 Å². The Bertz CT molecular complexity index is 1510. The fourth-order valence-electron chi connectivity index (χ4n) is 4.79. The number of imidazole rings is 2. The Morgan fingerprint density at radius 2 is 1.93 bits per heavy atom. The van der Waals surface area contributed by atoms with Crippen LogP contribution < -0.4 is 10.6 Å². The first-order valence-electron chi connectivity index (χ1n) is 12.6. The largest absolute Gasteiger partial charge is 0.477 e. The number of aromatic amines is 1. The molecular weight excluding hydrogens is 524 g/mol. The average molecular weight is 551 g/mol. The zero-order valence-corrected chi connectivity index (χ0v) is 21.3. The Kier molecular flexibility index (Phi) is 7.08. The highest BCUT2D eigenvalue weighted by atomic mass is 16.8. The number of amides is 2. The van der Waals surface area contributed by atoms with Crippen molar-refractivity contribution < 1.29 is 33.6 Å². The van der Waals surface area contributed by atoms with Crippen LogP contribution in [0.2, 0.25) is 0 Å². The number of ether oxygens (including phenoxy) is 4. The number of aromatic carboxylic acids is 1. The predicted molar refractivity (Wildman–Crippen MR) is 136 cm³/mol. The molecule has 0 radical (unpaired) electrons. The molecule has 4 N–H and O–H groups in total. The van der Waals surface area contributed by atoms with Gasteiger partial charge in [-0.2, -0.15) is 0 Å². The van der Waals surface area contributed by atoms with E-state index in [1.807, 2.05) is 37.3 Å². The summed E-state index contributed by atoms with van der Waals surface area (Å²) in [7, 11) is 0. The Morgan fingerprint density at radius 3 is 2.73 bits per heavy atom. The predicted octanol–water partition coefficient (Wildman–Crippen LogP) is 1.99. The van der Waals surface area contributed by atoms with Gasteiger partial charge in [0.2, 0.25) is 0 Å². The second-order valence-electron chi connectivity index (χ2n) is 9.08. The van der Waals surface area contributed by atoms with E-state index in [4.69, 9.17) is 18.9 Å². The number of benzene rings is 1. The van der Waals surface area contributed by atoms with Gasteiger partial charge in [-0.25, -0.2) is 29.5 Å². The first kappa shape index (κ1) is 25.8. The highest BCUT2D eigenvalue weighted by Crippen LogP contribution is 2.45. The molecule has 6 rings (SSSR count). The third kappa shape index (κ3) is 4.86. The van der Waals surface area contributed by atoms with Gasteiger partial charge in [0.1, 0.15) is 30.3 Å². The van der Waals surface area contributed by atoms with Crippen molar-refractivity contribution in [2.24, 2.45) is 0 Å². The standard InChI is InChI=1S/C25H26N8O7/c1-2-26-25(36)32-20-17-21(30-11-29-20)33(12-31-17)22-19-18(39-24(40-19)13-6-4-3-5-7-13)15(38-22)9-37-8-14-16(23(34)35)28-10-27-14/h3-7,10-12,15,18-19,22,24H,2,8-9H2,1H3,(H,27,28)(H,34,35)(H2,26,29,30,32,36)/t15?,18?,19?,22?,24-/m0/s1. The lowest BCUT2D eigenvalue weighted by Gasteiger charge is -2.21. The molecule has 2 aliphatic heterocycles. The third-order valence-corrected chi connectivity index (χ3v) is 6.57. The number of carboxylic acids is 1. The van der Waals surface area contributed by atoms with Crippen LogP contribution in [0.3, 0.4) is 0 Å². The quantitative estimate of drug-likeness (QED) is 0.239. The van der Waals surface area contributed by atoms with Crippen molar-refractivity contribution in [3.05, 3.63) is 66.3 Å². The van der Waals surface area contributed by atoms with E-state index in [-0.39, 0.29) is 30.4 Å². The van der Waals surface area contributed by atoms with Crippen molar-refractivity contribution >= 4 is 29.0 Å². The van der Waals surface area contributed by atoms with Gasteiger partial charge in [0, 0.05) is 12.1 Å². The number of urea groups is 1.